The lowest BCUT2D eigenvalue weighted by molar-refractivity contribution is 0.431. The number of halogens is 1. The van der Waals surface area contributed by atoms with Crippen LogP contribution in [-0.4, -0.2) is 43.9 Å². The predicted octanol–water partition coefficient (Wildman–Crippen LogP) is 0.719. The molecule has 2 rings (SSSR count). The van der Waals surface area contributed by atoms with Crippen molar-refractivity contribution in [1.82, 2.24) is 14.6 Å². The van der Waals surface area contributed by atoms with Gasteiger partial charge in [0.05, 0.1) is 5.02 Å². The first-order valence-electron chi connectivity index (χ1n) is 5.42. The van der Waals surface area contributed by atoms with Crippen LogP contribution in [-0.2, 0) is 10.0 Å². The summed E-state index contributed by atoms with van der Waals surface area (Å²) in [6, 6.07) is 1.43. The summed E-state index contributed by atoms with van der Waals surface area (Å²) in [7, 11) is -3.46. The van der Waals surface area contributed by atoms with Gasteiger partial charge in [-0.25, -0.2) is 8.42 Å². The SMILES string of the molecule is O=S(=O)(c1cncc(Cl)c1)N1CCCNCC1. The molecule has 1 aromatic rings. The van der Waals surface area contributed by atoms with Gasteiger partial charge in [-0.1, -0.05) is 11.6 Å². The van der Waals surface area contributed by atoms with Gasteiger partial charge < -0.3 is 5.32 Å². The molecule has 0 saturated carbocycles. The minimum atomic E-state index is -3.46. The largest absolute Gasteiger partial charge is 0.315 e. The summed E-state index contributed by atoms with van der Waals surface area (Å²) in [5.74, 6) is 0. The summed E-state index contributed by atoms with van der Waals surface area (Å²) in [6.07, 6.45) is 3.57. The Labute approximate surface area is 106 Å². The van der Waals surface area contributed by atoms with Crippen molar-refractivity contribution in [2.24, 2.45) is 0 Å². The average Bonchev–Trinajstić information content (AvgIpc) is 2.58. The summed E-state index contributed by atoms with van der Waals surface area (Å²) < 4.78 is 26.1. The van der Waals surface area contributed by atoms with Crippen molar-refractivity contribution >= 4 is 21.6 Å². The lowest BCUT2D eigenvalue weighted by Crippen LogP contribution is -2.34. The molecule has 7 heteroatoms. The Hall–Kier alpha value is -0.690. The van der Waals surface area contributed by atoms with Gasteiger partial charge in [-0.2, -0.15) is 4.31 Å². The molecule has 17 heavy (non-hydrogen) atoms. The third kappa shape index (κ3) is 2.95. The van der Waals surface area contributed by atoms with E-state index in [9.17, 15) is 8.42 Å². The lowest BCUT2D eigenvalue weighted by Gasteiger charge is -2.19. The van der Waals surface area contributed by atoms with Crippen LogP contribution in [0.4, 0.5) is 0 Å². The van der Waals surface area contributed by atoms with Crippen molar-refractivity contribution in [1.29, 1.82) is 0 Å². The van der Waals surface area contributed by atoms with Gasteiger partial charge in [0, 0.05) is 32.0 Å². The summed E-state index contributed by atoms with van der Waals surface area (Å²) in [5.41, 5.74) is 0. The predicted molar refractivity (Wildman–Crippen MR) is 65.5 cm³/mol. The molecule has 0 radical (unpaired) electrons. The van der Waals surface area contributed by atoms with E-state index in [-0.39, 0.29) is 4.90 Å². The maximum Gasteiger partial charge on any atom is 0.244 e. The van der Waals surface area contributed by atoms with Crippen LogP contribution in [0.25, 0.3) is 0 Å². The molecule has 1 aliphatic heterocycles. The Balaban J connectivity index is 2.28. The normalized spacial score (nSPS) is 18.9. The Morgan fingerprint density at radius 2 is 2.12 bits per heavy atom. The van der Waals surface area contributed by atoms with Crippen molar-refractivity contribution in [3.8, 4) is 0 Å². The molecule has 1 aromatic heterocycles. The van der Waals surface area contributed by atoms with E-state index in [2.05, 4.69) is 10.3 Å². The molecule has 0 aliphatic carbocycles. The van der Waals surface area contributed by atoms with Gasteiger partial charge in [0.2, 0.25) is 10.0 Å². The first kappa shape index (κ1) is 12.8. The molecule has 1 aliphatic rings. The molecule has 2 heterocycles. The van der Waals surface area contributed by atoms with Crippen LogP contribution in [0.2, 0.25) is 5.02 Å². The average molecular weight is 276 g/mol. The Kier molecular flexibility index (Phi) is 3.98. The summed E-state index contributed by atoms with van der Waals surface area (Å²) in [4.78, 5) is 3.97. The molecule has 0 spiro atoms. The second-order valence-electron chi connectivity index (χ2n) is 3.85. The number of rotatable bonds is 2. The molecule has 1 fully saturated rings. The highest BCUT2D eigenvalue weighted by molar-refractivity contribution is 7.89. The van der Waals surface area contributed by atoms with E-state index < -0.39 is 10.0 Å². The zero-order chi connectivity index (χ0) is 12.3. The number of sulfonamides is 1. The summed E-state index contributed by atoms with van der Waals surface area (Å²) >= 11 is 5.76. The minimum Gasteiger partial charge on any atom is -0.315 e. The smallest absolute Gasteiger partial charge is 0.244 e. The number of pyridine rings is 1. The number of nitrogens with zero attached hydrogens (tertiary/aromatic N) is 2. The van der Waals surface area contributed by atoms with E-state index in [0.29, 0.717) is 24.7 Å². The van der Waals surface area contributed by atoms with Crippen molar-refractivity contribution in [2.45, 2.75) is 11.3 Å². The van der Waals surface area contributed by atoms with Crippen molar-refractivity contribution in [3.63, 3.8) is 0 Å². The Morgan fingerprint density at radius 1 is 1.29 bits per heavy atom. The van der Waals surface area contributed by atoms with Gasteiger partial charge in [-0.15, -0.1) is 0 Å². The fraction of sp³-hybridized carbons (Fsp3) is 0.500. The Bertz CT molecular complexity index is 484. The maximum absolute atomic E-state index is 12.3. The van der Waals surface area contributed by atoms with Crippen LogP contribution in [0.5, 0.6) is 0 Å². The van der Waals surface area contributed by atoms with Gasteiger partial charge in [0.15, 0.2) is 0 Å². The fourth-order valence-corrected chi connectivity index (χ4v) is 3.45. The third-order valence-electron chi connectivity index (χ3n) is 2.62. The van der Waals surface area contributed by atoms with Gasteiger partial charge >= 0.3 is 0 Å². The van der Waals surface area contributed by atoms with Crippen LogP contribution in [0.3, 0.4) is 0 Å². The van der Waals surface area contributed by atoms with Gasteiger partial charge in [-0.05, 0) is 19.0 Å². The van der Waals surface area contributed by atoms with Crippen molar-refractivity contribution < 1.29 is 8.42 Å². The monoisotopic (exact) mass is 275 g/mol. The topological polar surface area (TPSA) is 62.3 Å². The maximum atomic E-state index is 12.3. The molecule has 94 valence electrons. The minimum absolute atomic E-state index is 0.159. The highest BCUT2D eigenvalue weighted by atomic mass is 35.5. The molecular formula is C10H14ClN3O2S. The third-order valence-corrected chi connectivity index (χ3v) is 4.69. The molecule has 0 unspecified atom stereocenters. The van der Waals surface area contributed by atoms with Crippen LogP contribution < -0.4 is 5.32 Å². The highest BCUT2D eigenvalue weighted by Gasteiger charge is 2.25. The summed E-state index contributed by atoms with van der Waals surface area (Å²) in [5, 5.41) is 3.50. The molecule has 1 saturated heterocycles. The van der Waals surface area contributed by atoms with E-state index in [1.54, 1.807) is 0 Å². The number of aromatic nitrogens is 1. The molecule has 0 aromatic carbocycles. The number of hydrogen-bond donors (Lipinski definition) is 1. The lowest BCUT2D eigenvalue weighted by atomic mass is 10.4. The zero-order valence-corrected chi connectivity index (χ0v) is 10.8. The quantitative estimate of drug-likeness (QED) is 0.864. The fourth-order valence-electron chi connectivity index (χ4n) is 1.74. The Morgan fingerprint density at radius 3 is 2.88 bits per heavy atom. The molecular weight excluding hydrogens is 262 g/mol. The van der Waals surface area contributed by atoms with Crippen LogP contribution in [0.1, 0.15) is 6.42 Å². The second-order valence-corrected chi connectivity index (χ2v) is 6.22. The van der Waals surface area contributed by atoms with E-state index in [1.807, 2.05) is 0 Å². The number of nitrogens with one attached hydrogen (secondary N) is 1. The number of hydrogen-bond acceptors (Lipinski definition) is 4. The summed E-state index contributed by atoms with van der Waals surface area (Å²) in [6.45, 7) is 2.53. The molecule has 0 bridgehead atoms. The van der Waals surface area contributed by atoms with Crippen LogP contribution in [0.15, 0.2) is 23.4 Å². The van der Waals surface area contributed by atoms with E-state index in [4.69, 9.17) is 11.6 Å². The molecule has 0 atom stereocenters. The van der Waals surface area contributed by atoms with E-state index >= 15 is 0 Å². The molecule has 0 amide bonds. The zero-order valence-electron chi connectivity index (χ0n) is 9.26. The van der Waals surface area contributed by atoms with Gasteiger partial charge in [0.25, 0.3) is 0 Å². The van der Waals surface area contributed by atoms with Crippen LogP contribution in [0, 0.1) is 0 Å². The first-order chi connectivity index (χ1) is 8.10. The molecule has 5 nitrogen and oxygen atoms in total. The van der Waals surface area contributed by atoms with Crippen molar-refractivity contribution in [3.05, 3.63) is 23.5 Å². The van der Waals surface area contributed by atoms with Crippen molar-refractivity contribution in [2.75, 3.05) is 26.2 Å². The first-order valence-corrected chi connectivity index (χ1v) is 7.24. The highest BCUT2D eigenvalue weighted by Crippen LogP contribution is 2.18. The van der Waals surface area contributed by atoms with Crippen LogP contribution >= 0.6 is 11.6 Å². The molecule has 1 N–H and O–H groups in total. The van der Waals surface area contributed by atoms with E-state index in [1.165, 1.54) is 22.8 Å². The van der Waals surface area contributed by atoms with Gasteiger partial charge in [0.1, 0.15) is 4.90 Å². The standard InChI is InChI=1S/C10H14ClN3O2S/c11-9-6-10(8-13-7-9)17(15,16)14-4-1-2-12-3-5-14/h6-8,12H,1-5H2. The second kappa shape index (κ2) is 5.30. The van der Waals surface area contributed by atoms with E-state index in [0.717, 1.165) is 13.0 Å². The van der Waals surface area contributed by atoms with Gasteiger partial charge in [-0.3, -0.25) is 4.98 Å².